The van der Waals surface area contributed by atoms with Gasteiger partial charge in [-0.3, -0.25) is 0 Å². The Morgan fingerprint density at radius 1 is 1.43 bits per heavy atom. The fourth-order valence-electron chi connectivity index (χ4n) is 1.83. The standard InChI is InChI=1S/C16H26BrN3O/c1-6-9-13(7-2)21-16-14(17)10-15(12(4)19-16)18-11-20(5)8-3/h10-11,13H,6-9H2,1-5H3. The van der Waals surface area contributed by atoms with Crippen LogP contribution in [0.2, 0.25) is 0 Å². The van der Waals surface area contributed by atoms with Gasteiger partial charge in [-0.1, -0.05) is 20.3 Å². The molecule has 1 heterocycles. The van der Waals surface area contributed by atoms with Gasteiger partial charge < -0.3 is 9.64 Å². The van der Waals surface area contributed by atoms with Crippen molar-refractivity contribution in [3.8, 4) is 5.88 Å². The molecule has 0 spiro atoms. The highest BCUT2D eigenvalue weighted by Gasteiger charge is 2.13. The van der Waals surface area contributed by atoms with E-state index in [0.29, 0.717) is 5.88 Å². The molecule has 0 fully saturated rings. The van der Waals surface area contributed by atoms with Crippen molar-refractivity contribution in [2.75, 3.05) is 13.6 Å². The fourth-order valence-corrected chi connectivity index (χ4v) is 2.23. The second kappa shape index (κ2) is 9.03. The van der Waals surface area contributed by atoms with Crippen LogP contribution in [0.5, 0.6) is 5.88 Å². The summed E-state index contributed by atoms with van der Waals surface area (Å²) in [6.45, 7) is 9.27. The van der Waals surface area contributed by atoms with Gasteiger partial charge in [0.2, 0.25) is 5.88 Å². The number of aliphatic imine (C=N–C) groups is 1. The first-order chi connectivity index (χ1) is 10.0. The number of nitrogens with zero attached hydrogens (tertiary/aromatic N) is 3. The number of hydrogen-bond acceptors (Lipinski definition) is 3. The molecule has 0 aliphatic rings. The maximum Gasteiger partial charge on any atom is 0.228 e. The molecule has 21 heavy (non-hydrogen) atoms. The van der Waals surface area contributed by atoms with Crippen LogP contribution in [-0.4, -0.2) is 35.9 Å². The molecule has 0 N–H and O–H groups in total. The Kier molecular flexibility index (Phi) is 7.72. The van der Waals surface area contributed by atoms with Crippen LogP contribution in [0.25, 0.3) is 0 Å². The van der Waals surface area contributed by atoms with E-state index in [1.807, 2.05) is 31.3 Å². The Morgan fingerprint density at radius 3 is 2.71 bits per heavy atom. The van der Waals surface area contributed by atoms with Crippen LogP contribution in [0.1, 0.15) is 45.7 Å². The number of rotatable bonds is 8. The molecule has 1 atom stereocenters. The van der Waals surface area contributed by atoms with Gasteiger partial charge in [0.1, 0.15) is 6.10 Å². The first kappa shape index (κ1) is 18.0. The highest BCUT2D eigenvalue weighted by molar-refractivity contribution is 9.10. The molecular weight excluding hydrogens is 330 g/mol. The third kappa shape index (κ3) is 5.65. The Morgan fingerprint density at radius 2 is 2.14 bits per heavy atom. The first-order valence-corrected chi connectivity index (χ1v) is 8.39. The average molecular weight is 356 g/mol. The van der Waals surface area contributed by atoms with Crippen molar-refractivity contribution in [3.05, 3.63) is 16.2 Å². The first-order valence-electron chi connectivity index (χ1n) is 7.59. The summed E-state index contributed by atoms with van der Waals surface area (Å²) >= 11 is 3.54. The SMILES string of the molecule is CCCC(CC)Oc1nc(C)c(N=CN(C)CC)cc1Br. The summed E-state index contributed by atoms with van der Waals surface area (Å²) < 4.78 is 6.85. The highest BCUT2D eigenvalue weighted by atomic mass is 79.9. The van der Waals surface area contributed by atoms with E-state index in [-0.39, 0.29) is 6.10 Å². The number of hydrogen-bond donors (Lipinski definition) is 0. The molecule has 0 bridgehead atoms. The largest absolute Gasteiger partial charge is 0.474 e. The predicted molar refractivity (Wildman–Crippen MR) is 92.7 cm³/mol. The van der Waals surface area contributed by atoms with Crippen LogP contribution < -0.4 is 4.74 Å². The zero-order valence-electron chi connectivity index (χ0n) is 13.7. The summed E-state index contributed by atoms with van der Waals surface area (Å²) in [5.74, 6) is 0.663. The topological polar surface area (TPSA) is 37.7 Å². The summed E-state index contributed by atoms with van der Waals surface area (Å²) in [5, 5.41) is 0. The van der Waals surface area contributed by atoms with E-state index in [1.54, 1.807) is 0 Å². The molecule has 0 aliphatic carbocycles. The molecule has 1 rings (SSSR count). The van der Waals surface area contributed by atoms with Crippen molar-refractivity contribution in [1.82, 2.24) is 9.88 Å². The van der Waals surface area contributed by atoms with Gasteiger partial charge in [-0.2, -0.15) is 0 Å². The van der Waals surface area contributed by atoms with Gasteiger partial charge in [0.15, 0.2) is 0 Å². The zero-order valence-corrected chi connectivity index (χ0v) is 15.3. The molecule has 0 aliphatic heterocycles. The van der Waals surface area contributed by atoms with Crippen LogP contribution in [0.15, 0.2) is 15.5 Å². The Hall–Kier alpha value is -1.10. The van der Waals surface area contributed by atoms with Crippen molar-refractivity contribution in [2.45, 2.75) is 53.1 Å². The van der Waals surface area contributed by atoms with E-state index >= 15 is 0 Å². The molecule has 1 unspecified atom stereocenters. The van der Waals surface area contributed by atoms with E-state index in [0.717, 1.165) is 41.7 Å². The molecule has 118 valence electrons. The van der Waals surface area contributed by atoms with Gasteiger partial charge in [0, 0.05) is 13.6 Å². The lowest BCUT2D eigenvalue weighted by Crippen LogP contribution is -2.16. The molecule has 0 amide bonds. The lowest BCUT2D eigenvalue weighted by molar-refractivity contribution is 0.176. The van der Waals surface area contributed by atoms with Gasteiger partial charge in [-0.25, -0.2) is 9.98 Å². The number of pyridine rings is 1. The molecule has 1 aromatic rings. The summed E-state index contributed by atoms with van der Waals surface area (Å²) in [4.78, 5) is 11.0. The number of aryl methyl sites for hydroxylation is 1. The lowest BCUT2D eigenvalue weighted by atomic mass is 10.1. The predicted octanol–water partition coefficient (Wildman–Crippen LogP) is 4.72. The van der Waals surface area contributed by atoms with Crippen molar-refractivity contribution in [1.29, 1.82) is 0 Å². The third-order valence-electron chi connectivity index (χ3n) is 3.34. The van der Waals surface area contributed by atoms with Gasteiger partial charge >= 0.3 is 0 Å². The Bertz CT molecular complexity index is 477. The second-order valence-electron chi connectivity index (χ2n) is 5.13. The van der Waals surface area contributed by atoms with Gasteiger partial charge in [-0.15, -0.1) is 0 Å². The molecule has 5 heteroatoms. The minimum atomic E-state index is 0.221. The lowest BCUT2D eigenvalue weighted by Gasteiger charge is -2.17. The maximum absolute atomic E-state index is 6.00. The van der Waals surface area contributed by atoms with Crippen LogP contribution in [-0.2, 0) is 0 Å². The summed E-state index contributed by atoms with van der Waals surface area (Å²) in [6.07, 6.45) is 5.19. The molecule has 4 nitrogen and oxygen atoms in total. The smallest absolute Gasteiger partial charge is 0.228 e. The zero-order chi connectivity index (χ0) is 15.8. The third-order valence-corrected chi connectivity index (χ3v) is 3.91. The second-order valence-corrected chi connectivity index (χ2v) is 5.99. The molecule has 1 aromatic heterocycles. The fraction of sp³-hybridized carbons (Fsp3) is 0.625. The molecule has 0 radical (unpaired) electrons. The van der Waals surface area contributed by atoms with Crippen molar-refractivity contribution < 1.29 is 4.74 Å². The minimum absolute atomic E-state index is 0.221. The average Bonchev–Trinajstić information content (AvgIpc) is 2.48. The van der Waals surface area contributed by atoms with Crippen LogP contribution in [0, 0.1) is 6.92 Å². The van der Waals surface area contributed by atoms with Crippen LogP contribution in [0.3, 0.4) is 0 Å². The summed E-state index contributed by atoms with van der Waals surface area (Å²) in [6, 6.07) is 1.97. The minimum Gasteiger partial charge on any atom is -0.474 e. The van der Waals surface area contributed by atoms with Crippen molar-refractivity contribution >= 4 is 28.0 Å². The van der Waals surface area contributed by atoms with Crippen LogP contribution in [0.4, 0.5) is 5.69 Å². The van der Waals surface area contributed by atoms with Crippen molar-refractivity contribution in [3.63, 3.8) is 0 Å². The quantitative estimate of drug-likeness (QED) is 0.500. The van der Waals surface area contributed by atoms with E-state index < -0.39 is 0 Å². The molecule has 0 saturated carbocycles. The normalized spacial score (nSPS) is 12.7. The van der Waals surface area contributed by atoms with Gasteiger partial charge in [0.05, 0.1) is 22.2 Å². The summed E-state index contributed by atoms with van der Waals surface area (Å²) in [7, 11) is 2.00. The Labute approximate surface area is 136 Å². The monoisotopic (exact) mass is 355 g/mol. The van der Waals surface area contributed by atoms with E-state index in [4.69, 9.17) is 4.74 Å². The number of ether oxygens (including phenoxy) is 1. The van der Waals surface area contributed by atoms with E-state index in [9.17, 15) is 0 Å². The number of halogens is 1. The molecule has 0 saturated heterocycles. The van der Waals surface area contributed by atoms with Crippen LogP contribution >= 0.6 is 15.9 Å². The van der Waals surface area contributed by atoms with Crippen molar-refractivity contribution in [2.24, 2.45) is 4.99 Å². The van der Waals surface area contributed by atoms with E-state index in [2.05, 4.69) is 46.7 Å². The Balaban J connectivity index is 2.91. The maximum atomic E-state index is 6.00. The molecular formula is C16H26BrN3O. The van der Waals surface area contributed by atoms with Gasteiger partial charge in [0.25, 0.3) is 0 Å². The molecule has 0 aromatic carbocycles. The number of aromatic nitrogens is 1. The summed E-state index contributed by atoms with van der Waals surface area (Å²) in [5.41, 5.74) is 1.73. The van der Waals surface area contributed by atoms with Gasteiger partial charge in [-0.05, 0) is 48.7 Å². The highest BCUT2D eigenvalue weighted by Crippen LogP contribution is 2.30. The van der Waals surface area contributed by atoms with E-state index in [1.165, 1.54) is 0 Å².